The molecule has 0 aliphatic carbocycles. The van der Waals surface area contributed by atoms with Crippen molar-refractivity contribution in [1.29, 1.82) is 0 Å². The minimum Gasteiger partial charge on any atom is -0.289 e. The van der Waals surface area contributed by atoms with E-state index in [0.29, 0.717) is 5.56 Å². The molecular formula is C14H10BrNO. The first kappa shape index (κ1) is 11.7. The first-order valence-corrected chi connectivity index (χ1v) is 5.93. The highest BCUT2D eigenvalue weighted by Crippen LogP contribution is 2.12. The second kappa shape index (κ2) is 5.55. The van der Waals surface area contributed by atoms with Gasteiger partial charge < -0.3 is 0 Å². The molecule has 0 N–H and O–H groups in total. The van der Waals surface area contributed by atoms with Gasteiger partial charge in [-0.05, 0) is 35.9 Å². The molecule has 3 heteroatoms. The lowest BCUT2D eigenvalue weighted by atomic mass is 10.1. The summed E-state index contributed by atoms with van der Waals surface area (Å²) >= 11 is 3.36. The first-order chi connectivity index (χ1) is 8.25. The molecule has 0 saturated heterocycles. The van der Waals surface area contributed by atoms with E-state index in [2.05, 4.69) is 20.9 Å². The van der Waals surface area contributed by atoms with E-state index in [0.717, 1.165) is 10.0 Å². The third-order valence-corrected chi connectivity index (χ3v) is 2.77. The molecule has 0 saturated carbocycles. The summed E-state index contributed by atoms with van der Waals surface area (Å²) in [6, 6.07) is 11.3. The maximum absolute atomic E-state index is 11.7. The van der Waals surface area contributed by atoms with Crippen LogP contribution < -0.4 is 0 Å². The largest absolute Gasteiger partial charge is 0.289 e. The van der Waals surface area contributed by atoms with E-state index in [1.54, 1.807) is 36.7 Å². The number of benzene rings is 1. The van der Waals surface area contributed by atoms with Crippen molar-refractivity contribution in [2.24, 2.45) is 0 Å². The lowest BCUT2D eigenvalue weighted by molar-refractivity contribution is 0.104. The van der Waals surface area contributed by atoms with Gasteiger partial charge in [-0.1, -0.05) is 34.1 Å². The van der Waals surface area contributed by atoms with E-state index in [1.807, 2.05) is 24.3 Å². The summed E-state index contributed by atoms with van der Waals surface area (Å²) < 4.78 is 1.02. The molecule has 0 unspecified atom stereocenters. The molecule has 0 atom stereocenters. The summed E-state index contributed by atoms with van der Waals surface area (Å²) in [5, 5.41) is 0. The van der Waals surface area contributed by atoms with Crippen LogP contribution in [0.5, 0.6) is 0 Å². The zero-order valence-corrected chi connectivity index (χ0v) is 10.6. The third kappa shape index (κ3) is 3.36. The number of ketones is 1. The summed E-state index contributed by atoms with van der Waals surface area (Å²) in [5.41, 5.74) is 1.59. The number of allylic oxidation sites excluding steroid dienone is 1. The molecule has 0 aliphatic heterocycles. The van der Waals surface area contributed by atoms with Crippen molar-refractivity contribution >= 4 is 27.8 Å². The highest BCUT2D eigenvalue weighted by Gasteiger charge is 1.99. The first-order valence-electron chi connectivity index (χ1n) is 5.14. The summed E-state index contributed by atoms with van der Waals surface area (Å²) in [6.07, 6.45) is 6.56. The summed E-state index contributed by atoms with van der Waals surface area (Å²) in [6.45, 7) is 0. The van der Waals surface area contributed by atoms with Crippen LogP contribution in [0.1, 0.15) is 15.9 Å². The molecule has 17 heavy (non-hydrogen) atoms. The van der Waals surface area contributed by atoms with E-state index < -0.39 is 0 Å². The van der Waals surface area contributed by atoms with Gasteiger partial charge in [0.15, 0.2) is 5.78 Å². The zero-order chi connectivity index (χ0) is 12.1. The minimum atomic E-state index is -0.0407. The molecule has 84 valence electrons. The van der Waals surface area contributed by atoms with Crippen molar-refractivity contribution in [3.05, 3.63) is 70.5 Å². The van der Waals surface area contributed by atoms with Crippen LogP contribution in [0, 0.1) is 0 Å². The van der Waals surface area contributed by atoms with Crippen LogP contribution in [-0.4, -0.2) is 10.8 Å². The Morgan fingerprint density at radius 2 is 1.94 bits per heavy atom. The molecule has 0 amide bonds. The fraction of sp³-hybridized carbons (Fsp3) is 0. The smallest absolute Gasteiger partial charge is 0.187 e. The Labute approximate surface area is 108 Å². The molecule has 2 aromatic rings. The van der Waals surface area contributed by atoms with Gasteiger partial charge in [-0.3, -0.25) is 9.78 Å². The van der Waals surface area contributed by atoms with Crippen molar-refractivity contribution in [3.8, 4) is 0 Å². The van der Waals surface area contributed by atoms with Crippen molar-refractivity contribution < 1.29 is 4.79 Å². The predicted molar refractivity (Wildman–Crippen MR) is 71.7 cm³/mol. The molecule has 0 spiro atoms. The van der Waals surface area contributed by atoms with Gasteiger partial charge in [-0.15, -0.1) is 0 Å². The van der Waals surface area contributed by atoms with E-state index in [-0.39, 0.29) is 5.78 Å². The van der Waals surface area contributed by atoms with Crippen LogP contribution in [0.25, 0.3) is 6.08 Å². The Morgan fingerprint density at radius 3 is 2.59 bits per heavy atom. The number of carbonyl (C=O) groups excluding carboxylic acids is 1. The molecule has 2 rings (SSSR count). The Hall–Kier alpha value is -1.74. The molecule has 1 aromatic carbocycles. The number of pyridine rings is 1. The highest BCUT2D eigenvalue weighted by atomic mass is 79.9. The molecular weight excluding hydrogens is 278 g/mol. The SMILES string of the molecule is O=C(C=Cc1ccc(Br)cc1)c1cccnc1. The average Bonchev–Trinajstić information content (AvgIpc) is 2.39. The lowest BCUT2D eigenvalue weighted by Gasteiger charge is -1.95. The van der Waals surface area contributed by atoms with E-state index in [1.165, 1.54) is 0 Å². The molecule has 0 aliphatic rings. The van der Waals surface area contributed by atoms with Crippen LogP contribution in [0.2, 0.25) is 0 Å². The third-order valence-electron chi connectivity index (χ3n) is 2.24. The van der Waals surface area contributed by atoms with Gasteiger partial charge in [0.2, 0.25) is 0 Å². The Balaban J connectivity index is 2.11. The quantitative estimate of drug-likeness (QED) is 0.636. The van der Waals surface area contributed by atoms with Gasteiger partial charge in [-0.2, -0.15) is 0 Å². The molecule has 0 bridgehead atoms. The number of hydrogen-bond acceptors (Lipinski definition) is 2. The Morgan fingerprint density at radius 1 is 1.18 bits per heavy atom. The molecule has 1 heterocycles. The highest BCUT2D eigenvalue weighted by molar-refractivity contribution is 9.10. The van der Waals surface area contributed by atoms with E-state index >= 15 is 0 Å². The summed E-state index contributed by atoms with van der Waals surface area (Å²) in [4.78, 5) is 15.7. The molecule has 2 nitrogen and oxygen atoms in total. The van der Waals surface area contributed by atoms with E-state index in [4.69, 9.17) is 0 Å². The van der Waals surface area contributed by atoms with Crippen molar-refractivity contribution in [2.75, 3.05) is 0 Å². The minimum absolute atomic E-state index is 0.0407. The maximum Gasteiger partial charge on any atom is 0.187 e. The second-order valence-corrected chi connectivity index (χ2v) is 4.41. The standard InChI is InChI=1S/C14H10BrNO/c15-13-6-3-11(4-7-13)5-8-14(17)12-2-1-9-16-10-12/h1-10H. The van der Waals surface area contributed by atoms with Crippen molar-refractivity contribution in [3.63, 3.8) is 0 Å². The van der Waals surface area contributed by atoms with Gasteiger partial charge in [0.25, 0.3) is 0 Å². The average molecular weight is 288 g/mol. The number of nitrogens with zero attached hydrogens (tertiary/aromatic N) is 1. The Bertz CT molecular complexity index is 532. The molecule has 1 aromatic heterocycles. The fourth-order valence-corrected chi connectivity index (χ4v) is 1.61. The number of aromatic nitrogens is 1. The van der Waals surface area contributed by atoms with Crippen LogP contribution in [0.3, 0.4) is 0 Å². The maximum atomic E-state index is 11.7. The van der Waals surface area contributed by atoms with Gasteiger partial charge >= 0.3 is 0 Å². The number of hydrogen-bond donors (Lipinski definition) is 0. The van der Waals surface area contributed by atoms with Crippen molar-refractivity contribution in [2.45, 2.75) is 0 Å². The Kier molecular flexibility index (Phi) is 3.83. The zero-order valence-electron chi connectivity index (χ0n) is 9.01. The number of halogens is 1. The van der Waals surface area contributed by atoms with Gasteiger partial charge in [-0.25, -0.2) is 0 Å². The number of carbonyl (C=O) groups is 1. The molecule has 0 radical (unpaired) electrons. The van der Waals surface area contributed by atoms with E-state index in [9.17, 15) is 4.79 Å². The number of rotatable bonds is 3. The summed E-state index contributed by atoms with van der Waals surface area (Å²) in [5.74, 6) is -0.0407. The van der Waals surface area contributed by atoms with Gasteiger partial charge in [0.05, 0.1) is 0 Å². The topological polar surface area (TPSA) is 30.0 Å². The van der Waals surface area contributed by atoms with Crippen LogP contribution in [0.15, 0.2) is 59.3 Å². The second-order valence-electron chi connectivity index (χ2n) is 3.49. The van der Waals surface area contributed by atoms with Crippen LogP contribution in [0.4, 0.5) is 0 Å². The fourth-order valence-electron chi connectivity index (χ4n) is 1.35. The summed E-state index contributed by atoms with van der Waals surface area (Å²) in [7, 11) is 0. The van der Waals surface area contributed by atoms with Gasteiger partial charge in [0, 0.05) is 22.4 Å². The van der Waals surface area contributed by atoms with Crippen LogP contribution >= 0.6 is 15.9 Å². The van der Waals surface area contributed by atoms with Crippen molar-refractivity contribution in [1.82, 2.24) is 4.98 Å². The van der Waals surface area contributed by atoms with Crippen LogP contribution in [-0.2, 0) is 0 Å². The normalized spacial score (nSPS) is 10.6. The predicted octanol–water partition coefficient (Wildman–Crippen LogP) is 3.74. The van der Waals surface area contributed by atoms with Gasteiger partial charge in [0.1, 0.15) is 0 Å². The lowest BCUT2D eigenvalue weighted by Crippen LogP contribution is -1.93. The molecule has 0 fully saturated rings. The monoisotopic (exact) mass is 287 g/mol.